The molecule has 80 valence electrons. The third-order valence-corrected chi connectivity index (χ3v) is 4.29. The third-order valence-electron chi connectivity index (χ3n) is 3.13. The largest absolute Gasteiger partial charge is 0.352 e. The van der Waals surface area contributed by atoms with Gasteiger partial charge in [0, 0.05) is 18.3 Å². The van der Waals surface area contributed by atoms with Gasteiger partial charge >= 0.3 is 0 Å². The maximum absolute atomic E-state index is 11.9. The molecule has 0 radical (unpaired) electrons. The van der Waals surface area contributed by atoms with Gasteiger partial charge in [-0.05, 0) is 24.6 Å². The summed E-state index contributed by atoms with van der Waals surface area (Å²) in [4.78, 5) is 11.9. The summed E-state index contributed by atoms with van der Waals surface area (Å²) in [5.41, 5.74) is 0. The van der Waals surface area contributed by atoms with Crippen molar-refractivity contribution in [2.45, 2.75) is 19.4 Å². The Morgan fingerprint density at radius 3 is 2.93 bits per heavy atom. The first-order valence-corrected chi connectivity index (χ1v) is 6.51. The van der Waals surface area contributed by atoms with Crippen molar-refractivity contribution in [2.75, 3.05) is 24.6 Å². The van der Waals surface area contributed by atoms with E-state index < -0.39 is 0 Å². The highest BCUT2D eigenvalue weighted by Gasteiger charge is 2.31. The van der Waals surface area contributed by atoms with Gasteiger partial charge in [0.05, 0.1) is 5.92 Å². The zero-order chi connectivity index (χ0) is 9.97. The van der Waals surface area contributed by atoms with Gasteiger partial charge in [0.2, 0.25) is 5.91 Å². The van der Waals surface area contributed by atoms with Crippen molar-refractivity contribution in [1.82, 2.24) is 10.6 Å². The topological polar surface area (TPSA) is 41.1 Å². The standard InChI is InChI=1S/C10H18N2OS/c1-7-4-11-5-9(7)10(13)12-8-2-3-14-6-8/h7-9,11H,2-6H2,1H3,(H,12,13)/t7-,8?,9-/m1/s1. The van der Waals surface area contributed by atoms with Crippen LogP contribution in [-0.4, -0.2) is 36.5 Å². The molecular formula is C10H18N2OS. The second-order valence-corrected chi connectivity index (χ2v) is 5.46. The van der Waals surface area contributed by atoms with Crippen molar-refractivity contribution >= 4 is 17.7 Å². The highest BCUT2D eigenvalue weighted by Crippen LogP contribution is 2.20. The minimum atomic E-state index is 0.195. The lowest BCUT2D eigenvalue weighted by Gasteiger charge is -2.17. The first kappa shape index (κ1) is 10.3. The monoisotopic (exact) mass is 214 g/mol. The Hall–Kier alpha value is -0.220. The zero-order valence-corrected chi connectivity index (χ0v) is 9.40. The van der Waals surface area contributed by atoms with Gasteiger partial charge in [0.1, 0.15) is 0 Å². The molecule has 4 heteroatoms. The van der Waals surface area contributed by atoms with E-state index in [1.807, 2.05) is 11.8 Å². The molecule has 1 amide bonds. The summed E-state index contributed by atoms with van der Waals surface area (Å²) in [6.45, 7) is 3.98. The molecule has 2 aliphatic heterocycles. The number of hydrogen-bond acceptors (Lipinski definition) is 3. The van der Waals surface area contributed by atoms with Crippen LogP contribution in [-0.2, 0) is 4.79 Å². The van der Waals surface area contributed by atoms with Crippen LogP contribution in [0.3, 0.4) is 0 Å². The van der Waals surface area contributed by atoms with Gasteiger partial charge in [-0.3, -0.25) is 4.79 Å². The van der Waals surface area contributed by atoms with Gasteiger partial charge in [-0.2, -0.15) is 11.8 Å². The van der Waals surface area contributed by atoms with Gasteiger partial charge in [-0.25, -0.2) is 0 Å². The van der Waals surface area contributed by atoms with E-state index in [-0.39, 0.29) is 11.8 Å². The molecule has 3 atom stereocenters. The second kappa shape index (κ2) is 4.53. The van der Waals surface area contributed by atoms with Crippen LogP contribution >= 0.6 is 11.8 Å². The molecule has 14 heavy (non-hydrogen) atoms. The van der Waals surface area contributed by atoms with Gasteiger partial charge in [-0.15, -0.1) is 0 Å². The molecule has 2 N–H and O–H groups in total. The quantitative estimate of drug-likeness (QED) is 0.702. The Balaban J connectivity index is 1.82. The van der Waals surface area contributed by atoms with Crippen LogP contribution in [0.4, 0.5) is 0 Å². The van der Waals surface area contributed by atoms with E-state index in [4.69, 9.17) is 0 Å². The lowest BCUT2D eigenvalue weighted by Crippen LogP contribution is -2.41. The highest BCUT2D eigenvalue weighted by atomic mass is 32.2. The average molecular weight is 214 g/mol. The molecule has 3 nitrogen and oxygen atoms in total. The summed E-state index contributed by atoms with van der Waals surface area (Å²) in [6, 6.07) is 0.431. The fourth-order valence-corrected chi connectivity index (χ4v) is 3.27. The summed E-state index contributed by atoms with van der Waals surface area (Å²) in [5, 5.41) is 6.41. The van der Waals surface area contributed by atoms with Crippen LogP contribution in [0.15, 0.2) is 0 Å². The van der Waals surface area contributed by atoms with Crippen LogP contribution in [0.25, 0.3) is 0 Å². The molecule has 0 aromatic carbocycles. The van der Waals surface area contributed by atoms with E-state index in [1.165, 1.54) is 5.75 Å². The number of amides is 1. The normalized spacial score (nSPS) is 37.4. The molecule has 0 aliphatic carbocycles. The Bertz CT molecular complexity index is 216. The van der Waals surface area contributed by atoms with Crippen LogP contribution in [0, 0.1) is 11.8 Å². The first-order chi connectivity index (χ1) is 6.77. The highest BCUT2D eigenvalue weighted by molar-refractivity contribution is 7.99. The lowest BCUT2D eigenvalue weighted by molar-refractivity contribution is -0.125. The molecule has 0 saturated carbocycles. The van der Waals surface area contributed by atoms with E-state index in [0.717, 1.165) is 25.3 Å². The fraction of sp³-hybridized carbons (Fsp3) is 0.900. The van der Waals surface area contributed by atoms with E-state index in [1.54, 1.807) is 0 Å². The Kier molecular flexibility index (Phi) is 3.34. The maximum Gasteiger partial charge on any atom is 0.224 e. The number of nitrogens with one attached hydrogen (secondary N) is 2. The van der Waals surface area contributed by atoms with Crippen molar-refractivity contribution in [1.29, 1.82) is 0 Å². The van der Waals surface area contributed by atoms with Crippen LogP contribution in [0.1, 0.15) is 13.3 Å². The second-order valence-electron chi connectivity index (χ2n) is 4.31. The SMILES string of the molecule is C[C@@H]1CNC[C@H]1C(=O)NC1CCSC1. The summed E-state index contributed by atoms with van der Waals surface area (Å²) < 4.78 is 0. The van der Waals surface area contributed by atoms with Crippen molar-refractivity contribution < 1.29 is 4.79 Å². The first-order valence-electron chi connectivity index (χ1n) is 5.36. The smallest absolute Gasteiger partial charge is 0.224 e. The molecule has 0 aromatic heterocycles. The summed E-state index contributed by atoms with van der Waals surface area (Å²) >= 11 is 1.94. The van der Waals surface area contributed by atoms with Crippen molar-refractivity contribution in [2.24, 2.45) is 11.8 Å². The van der Waals surface area contributed by atoms with Gasteiger partial charge in [-0.1, -0.05) is 6.92 Å². The Morgan fingerprint density at radius 1 is 1.50 bits per heavy atom. The maximum atomic E-state index is 11.9. The van der Waals surface area contributed by atoms with E-state index in [9.17, 15) is 4.79 Å². The molecule has 2 aliphatic rings. The van der Waals surface area contributed by atoms with E-state index >= 15 is 0 Å². The molecule has 2 rings (SSSR count). The van der Waals surface area contributed by atoms with Crippen LogP contribution in [0.2, 0.25) is 0 Å². The molecule has 0 bridgehead atoms. The van der Waals surface area contributed by atoms with E-state index in [2.05, 4.69) is 17.6 Å². The molecule has 0 aromatic rings. The summed E-state index contributed by atoms with van der Waals surface area (Å²) in [5.74, 6) is 3.24. The number of thioether (sulfide) groups is 1. The van der Waals surface area contributed by atoms with E-state index in [0.29, 0.717) is 12.0 Å². The number of rotatable bonds is 2. The third kappa shape index (κ3) is 2.23. The predicted molar refractivity (Wildman–Crippen MR) is 59.4 cm³/mol. The Morgan fingerprint density at radius 2 is 2.36 bits per heavy atom. The van der Waals surface area contributed by atoms with Gasteiger partial charge in [0.25, 0.3) is 0 Å². The van der Waals surface area contributed by atoms with Crippen molar-refractivity contribution in [3.8, 4) is 0 Å². The number of carbonyl (C=O) groups excluding carboxylic acids is 1. The lowest BCUT2D eigenvalue weighted by atomic mass is 9.97. The summed E-state index contributed by atoms with van der Waals surface area (Å²) in [7, 11) is 0. The van der Waals surface area contributed by atoms with Gasteiger partial charge < -0.3 is 10.6 Å². The predicted octanol–water partition coefficient (Wildman–Crippen LogP) is 0.464. The fourth-order valence-electron chi connectivity index (χ4n) is 2.12. The Labute approximate surface area is 89.4 Å². The van der Waals surface area contributed by atoms with Crippen molar-refractivity contribution in [3.05, 3.63) is 0 Å². The molecular weight excluding hydrogens is 196 g/mol. The molecule has 2 saturated heterocycles. The van der Waals surface area contributed by atoms with Crippen LogP contribution in [0.5, 0.6) is 0 Å². The molecule has 2 fully saturated rings. The van der Waals surface area contributed by atoms with Gasteiger partial charge in [0.15, 0.2) is 0 Å². The molecule has 2 heterocycles. The zero-order valence-electron chi connectivity index (χ0n) is 8.58. The average Bonchev–Trinajstić information content (AvgIpc) is 2.75. The van der Waals surface area contributed by atoms with Crippen molar-refractivity contribution in [3.63, 3.8) is 0 Å². The number of hydrogen-bond donors (Lipinski definition) is 2. The summed E-state index contributed by atoms with van der Waals surface area (Å²) in [6.07, 6.45) is 1.14. The van der Waals surface area contributed by atoms with Crippen LogP contribution < -0.4 is 10.6 Å². The minimum absolute atomic E-state index is 0.195. The molecule has 1 unspecified atom stereocenters. The number of carbonyl (C=O) groups is 1. The minimum Gasteiger partial charge on any atom is -0.352 e. The molecule has 0 spiro atoms.